The van der Waals surface area contributed by atoms with Crippen LogP contribution in [0.2, 0.25) is 0 Å². The first-order valence-electron chi connectivity index (χ1n) is 24.7. The minimum atomic E-state index is -4.32. The van der Waals surface area contributed by atoms with Crippen molar-refractivity contribution in [2.24, 2.45) is 0 Å². The molecule has 0 aromatic carbocycles. The van der Waals surface area contributed by atoms with Crippen LogP contribution < -0.4 is 5.32 Å². The van der Waals surface area contributed by atoms with E-state index in [2.05, 4.69) is 43.5 Å². The maximum absolute atomic E-state index is 12.9. The van der Waals surface area contributed by atoms with Crippen molar-refractivity contribution in [2.75, 3.05) is 40.9 Å². The molecule has 0 spiro atoms. The molecule has 0 fully saturated rings. The Balaban J connectivity index is 4.30. The molecule has 0 bridgehead atoms. The van der Waals surface area contributed by atoms with Crippen LogP contribution in [0.5, 0.6) is 0 Å². The molecular weight excluding hydrogens is 744 g/mol. The molecule has 0 heterocycles. The van der Waals surface area contributed by atoms with Gasteiger partial charge >= 0.3 is 7.82 Å². The standard InChI is InChI=1S/C49H97N2O6P/c1-6-8-10-12-14-16-18-20-22-24-26-28-30-32-34-36-38-40-42-48(52)47(46-57-58(54,55)56-45-44-51(3,4)5)50-49(53)43-41-39-37-35-33-31-29-27-25-23-21-19-17-15-13-11-9-7-2/h17,19,23,25,47-48,52H,6-16,18,20-22,24,26-46H2,1-5H3,(H-,50,53,54,55)/p+1/b19-17-,25-23-. The van der Waals surface area contributed by atoms with Gasteiger partial charge in [-0.25, -0.2) is 4.57 Å². The van der Waals surface area contributed by atoms with Crippen LogP contribution in [0, 0.1) is 0 Å². The molecule has 58 heavy (non-hydrogen) atoms. The largest absolute Gasteiger partial charge is 0.472 e. The van der Waals surface area contributed by atoms with Crippen LogP contribution in [0.1, 0.15) is 232 Å². The quantitative estimate of drug-likeness (QED) is 0.0244. The predicted octanol–water partition coefficient (Wildman–Crippen LogP) is 14.1. The fourth-order valence-electron chi connectivity index (χ4n) is 7.25. The lowest BCUT2D eigenvalue weighted by atomic mass is 10.0. The highest BCUT2D eigenvalue weighted by Crippen LogP contribution is 2.43. The number of phosphoric acid groups is 1. The van der Waals surface area contributed by atoms with Gasteiger partial charge in [-0.2, -0.15) is 0 Å². The summed E-state index contributed by atoms with van der Waals surface area (Å²) < 4.78 is 23.7. The fourth-order valence-corrected chi connectivity index (χ4v) is 7.99. The van der Waals surface area contributed by atoms with E-state index in [4.69, 9.17) is 9.05 Å². The van der Waals surface area contributed by atoms with Crippen LogP contribution in [0.15, 0.2) is 24.3 Å². The van der Waals surface area contributed by atoms with Crippen molar-refractivity contribution in [1.82, 2.24) is 5.32 Å². The predicted molar refractivity (Wildman–Crippen MR) is 249 cm³/mol. The Hall–Kier alpha value is -1.02. The summed E-state index contributed by atoms with van der Waals surface area (Å²) in [5, 5.41) is 14.0. The highest BCUT2D eigenvalue weighted by atomic mass is 31.2. The number of nitrogens with one attached hydrogen (secondary N) is 1. The Labute approximate surface area is 360 Å². The molecule has 8 nitrogen and oxygen atoms in total. The maximum Gasteiger partial charge on any atom is 0.472 e. The zero-order valence-corrected chi connectivity index (χ0v) is 39.9. The number of carbonyl (C=O) groups is 1. The molecule has 0 aliphatic heterocycles. The second kappa shape index (κ2) is 41.3. The number of quaternary nitrogens is 1. The number of amides is 1. The number of carbonyl (C=O) groups excluding carboxylic acids is 1. The first-order chi connectivity index (χ1) is 28.0. The van der Waals surface area contributed by atoms with Crippen LogP contribution in [0.3, 0.4) is 0 Å². The number of hydrogen-bond acceptors (Lipinski definition) is 5. The molecule has 3 unspecified atom stereocenters. The van der Waals surface area contributed by atoms with E-state index in [9.17, 15) is 19.4 Å². The average Bonchev–Trinajstić information content (AvgIpc) is 3.17. The third-order valence-corrected chi connectivity index (χ3v) is 12.2. The highest BCUT2D eigenvalue weighted by molar-refractivity contribution is 7.47. The SMILES string of the molecule is CCCCCC/C=C\C/C=C\CCCCCCCCCC(=O)NC(COP(=O)(O)OCC[N+](C)(C)C)C(O)CCCCCCCCCCCCCCCCCCCC. The number of likely N-dealkylation sites (N-methyl/N-ethyl adjacent to an activating group) is 1. The zero-order valence-electron chi connectivity index (χ0n) is 39.0. The third kappa shape index (κ3) is 43.1. The van der Waals surface area contributed by atoms with Gasteiger partial charge in [0.15, 0.2) is 0 Å². The molecule has 0 radical (unpaired) electrons. The number of aliphatic hydroxyl groups is 1. The summed E-state index contributed by atoms with van der Waals surface area (Å²) in [6.07, 6.45) is 49.1. The molecular formula is C49H98N2O6P+. The minimum absolute atomic E-state index is 0.0738. The number of allylic oxidation sites excluding steroid dienone is 4. The van der Waals surface area contributed by atoms with Crippen molar-refractivity contribution in [2.45, 2.75) is 244 Å². The topological polar surface area (TPSA) is 105 Å². The number of nitrogens with zero attached hydrogens (tertiary/aromatic N) is 1. The Morgan fingerprint density at radius 1 is 0.586 bits per heavy atom. The van der Waals surface area contributed by atoms with E-state index in [0.29, 0.717) is 23.9 Å². The van der Waals surface area contributed by atoms with Crippen molar-refractivity contribution >= 4 is 13.7 Å². The van der Waals surface area contributed by atoms with E-state index in [-0.39, 0.29) is 19.1 Å². The van der Waals surface area contributed by atoms with Gasteiger partial charge in [-0.3, -0.25) is 13.8 Å². The first-order valence-corrected chi connectivity index (χ1v) is 26.2. The molecule has 0 saturated carbocycles. The summed E-state index contributed by atoms with van der Waals surface area (Å²) in [5.74, 6) is -0.151. The Morgan fingerprint density at radius 2 is 0.983 bits per heavy atom. The summed E-state index contributed by atoms with van der Waals surface area (Å²) in [6, 6.07) is -0.763. The minimum Gasteiger partial charge on any atom is -0.391 e. The number of unbranched alkanes of at least 4 members (excludes halogenated alkanes) is 28. The van der Waals surface area contributed by atoms with Crippen molar-refractivity contribution < 1.29 is 32.9 Å². The van der Waals surface area contributed by atoms with Gasteiger partial charge in [-0.05, 0) is 44.9 Å². The van der Waals surface area contributed by atoms with E-state index in [1.807, 2.05) is 21.1 Å². The first kappa shape index (κ1) is 57.0. The van der Waals surface area contributed by atoms with Crippen LogP contribution >= 0.6 is 7.82 Å². The maximum atomic E-state index is 12.9. The lowest BCUT2D eigenvalue weighted by Crippen LogP contribution is -2.46. The summed E-state index contributed by atoms with van der Waals surface area (Å²) in [7, 11) is 1.61. The Bertz CT molecular complexity index is 1000. The number of aliphatic hydroxyl groups excluding tert-OH is 1. The van der Waals surface area contributed by atoms with Gasteiger partial charge in [0, 0.05) is 6.42 Å². The van der Waals surface area contributed by atoms with Crippen LogP contribution in [-0.2, 0) is 18.4 Å². The molecule has 3 N–H and O–H groups in total. The summed E-state index contributed by atoms with van der Waals surface area (Å²) in [5.41, 5.74) is 0. The molecule has 0 aliphatic carbocycles. The molecule has 344 valence electrons. The van der Waals surface area contributed by atoms with E-state index in [1.165, 1.54) is 154 Å². The van der Waals surface area contributed by atoms with Gasteiger partial charge in [0.25, 0.3) is 0 Å². The smallest absolute Gasteiger partial charge is 0.391 e. The van der Waals surface area contributed by atoms with E-state index in [0.717, 1.165) is 51.4 Å². The van der Waals surface area contributed by atoms with Crippen LogP contribution in [0.4, 0.5) is 0 Å². The Kier molecular flexibility index (Phi) is 40.6. The van der Waals surface area contributed by atoms with Crippen LogP contribution in [-0.4, -0.2) is 73.4 Å². The summed E-state index contributed by atoms with van der Waals surface area (Å²) in [4.78, 5) is 23.2. The lowest BCUT2D eigenvalue weighted by molar-refractivity contribution is -0.870. The molecule has 0 aromatic rings. The normalized spacial score (nSPS) is 14.4. The third-order valence-electron chi connectivity index (χ3n) is 11.2. The molecule has 1 amide bonds. The lowest BCUT2D eigenvalue weighted by Gasteiger charge is -2.26. The van der Waals surface area contributed by atoms with E-state index in [1.54, 1.807) is 0 Å². The van der Waals surface area contributed by atoms with Crippen LogP contribution in [0.25, 0.3) is 0 Å². The van der Waals surface area contributed by atoms with Crippen molar-refractivity contribution in [1.29, 1.82) is 0 Å². The summed E-state index contributed by atoms with van der Waals surface area (Å²) in [6.45, 7) is 4.88. The van der Waals surface area contributed by atoms with Crippen molar-refractivity contribution in [3.63, 3.8) is 0 Å². The fraction of sp³-hybridized carbons (Fsp3) is 0.898. The van der Waals surface area contributed by atoms with E-state index < -0.39 is 20.0 Å². The second-order valence-electron chi connectivity index (χ2n) is 18.2. The molecule has 9 heteroatoms. The number of phosphoric ester groups is 1. The number of rotatable bonds is 45. The van der Waals surface area contributed by atoms with E-state index >= 15 is 0 Å². The second-order valence-corrected chi connectivity index (χ2v) is 19.6. The van der Waals surface area contributed by atoms with Gasteiger partial charge < -0.3 is 19.8 Å². The zero-order chi connectivity index (χ0) is 42.8. The molecule has 0 aliphatic rings. The summed E-state index contributed by atoms with van der Waals surface area (Å²) >= 11 is 0. The molecule has 0 rings (SSSR count). The van der Waals surface area contributed by atoms with Crippen molar-refractivity contribution in [3.05, 3.63) is 24.3 Å². The molecule has 3 atom stereocenters. The van der Waals surface area contributed by atoms with Gasteiger partial charge in [-0.1, -0.05) is 205 Å². The van der Waals surface area contributed by atoms with Gasteiger partial charge in [0.05, 0.1) is 39.9 Å². The van der Waals surface area contributed by atoms with Gasteiger partial charge in [-0.15, -0.1) is 0 Å². The van der Waals surface area contributed by atoms with Crippen molar-refractivity contribution in [3.8, 4) is 0 Å². The van der Waals surface area contributed by atoms with Gasteiger partial charge in [0.1, 0.15) is 13.2 Å². The molecule has 0 saturated heterocycles. The monoisotopic (exact) mass is 842 g/mol. The average molecular weight is 842 g/mol. The molecule has 0 aromatic heterocycles. The van der Waals surface area contributed by atoms with Gasteiger partial charge in [0.2, 0.25) is 5.91 Å². The number of hydrogen-bond donors (Lipinski definition) is 3. The highest BCUT2D eigenvalue weighted by Gasteiger charge is 2.28. The Morgan fingerprint density at radius 3 is 1.43 bits per heavy atom.